The molecule has 3 nitrogen and oxygen atoms in total. The quantitative estimate of drug-likeness (QED) is 0.704. The molecule has 0 saturated carbocycles. The van der Waals surface area contributed by atoms with Crippen LogP contribution < -0.4 is 5.43 Å². The Morgan fingerprint density at radius 2 is 1.88 bits per heavy atom. The van der Waals surface area contributed by atoms with Gasteiger partial charge in [-0.05, 0) is 54.5 Å². The van der Waals surface area contributed by atoms with Gasteiger partial charge >= 0.3 is 0 Å². The van der Waals surface area contributed by atoms with E-state index in [1.807, 2.05) is 6.07 Å². The molecule has 0 amide bonds. The summed E-state index contributed by atoms with van der Waals surface area (Å²) in [7, 11) is 0. The molecular weight excluding hydrogens is 318 g/mol. The second kappa shape index (κ2) is 6.49. The van der Waals surface area contributed by atoms with Crippen LogP contribution in [0.3, 0.4) is 0 Å². The lowest BCUT2D eigenvalue weighted by atomic mass is 9.94. The standard InChI is InChI=1S/C23H23N3/c1-2-6-16(7-3-1)10-12-18-15-23(26-25-18)17-11-13-22-20(14-17)19-8-4-5-9-21(19)24-22/h1-3,6-7,10-14,18,24-25H,4-5,8-9,15H2/b12-10+. The first-order valence-electron chi connectivity index (χ1n) is 9.56. The van der Waals surface area contributed by atoms with Gasteiger partial charge in [-0.25, -0.2) is 0 Å². The molecule has 0 fully saturated rings. The van der Waals surface area contributed by atoms with E-state index >= 15 is 0 Å². The molecule has 2 heterocycles. The number of benzene rings is 2. The van der Waals surface area contributed by atoms with E-state index < -0.39 is 0 Å². The minimum Gasteiger partial charge on any atom is -0.358 e. The Balaban J connectivity index is 1.36. The van der Waals surface area contributed by atoms with Crippen LogP contribution in [0.25, 0.3) is 17.0 Å². The van der Waals surface area contributed by atoms with Gasteiger partial charge in [0.05, 0.1) is 11.8 Å². The lowest BCUT2D eigenvalue weighted by molar-refractivity contribution is 0.680. The number of H-pyrrole nitrogens is 1. The van der Waals surface area contributed by atoms with Crippen molar-refractivity contribution in [1.82, 2.24) is 10.4 Å². The number of aromatic amines is 1. The fourth-order valence-electron chi connectivity index (χ4n) is 4.13. The third kappa shape index (κ3) is 2.84. The Morgan fingerprint density at radius 1 is 1.00 bits per heavy atom. The van der Waals surface area contributed by atoms with Crippen LogP contribution in [0.5, 0.6) is 0 Å². The van der Waals surface area contributed by atoms with Crippen molar-refractivity contribution >= 4 is 22.7 Å². The Bertz CT molecular complexity index is 995. The molecule has 130 valence electrons. The summed E-state index contributed by atoms with van der Waals surface area (Å²) in [5, 5.41) is 6.00. The normalized spacial score (nSPS) is 19.5. The minimum atomic E-state index is 0.265. The molecule has 1 unspecified atom stereocenters. The van der Waals surface area contributed by atoms with Crippen molar-refractivity contribution in [2.24, 2.45) is 5.10 Å². The highest BCUT2D eigenvalue weighted by Crippen LogP contribution is 2.30. The van der Waals surface area contributed by atoms with E-state index in [0.717, 1.165) is 12.1 Å². The smallest absolute Gasteiger partial charge is 0.0699 e. The summed E-state index contributed by atoms with van der Waals surface area (Å²) >= 11 is 0. The van der Waals surface area contributed by atoms with Gasteiger partial charge < -0.3 is 10.4 Å². The summed E-state index contributed by atoms with van der Waals surface area (Å²) in [6.07, 6.45) is 10.3. The molecule has 3 heteroatoms. The van der Waals surface area contributed by atoms with E-state index in [0.29, 0.717) is 0 Å². The van der Waals surface area contributed by atoms with Gasteiger partial charge in [0.1, 0.15) is 0 Å². The highest BCUT2D eigenvalue weighted by molar-refractivity contribution is 6.05. The molecule has 26 heavy (non-hydrogen) atoms. The molecule has 2 N–H and O–H groups in total. The largest absolute Gasteiger partial charge is 0.358 e. The first kappa shape index (κ1) is 15.4. The summed E-state index contributed by atoms with van der Waals surface area (Å²) in [6.45, 7) is 0. The molecule has 1 aromatic heterocycles. The Morgan fingerprint density at radius 3 is 2.81 bits per heavy atom. The van der Waals surface area contributed by atoms with Crippen molar-refractivity contribution in [2.45, 2.75) is 38.1 Å². The topological polar surface area (TPSA) is 40.2 Å². The van der Waals surface area contributed by atoms with Gasteiger partial charge in [-0.3, -0.25) is 0 Å². The van der Waals surface area contributed by atoms with Crippen LogP contribution >= 0.6 is 0 Å². The predicted molar refractivity (Wildman–Crippen MR) is 108 cm³/mol. The van der Waals surface area contributed by atoms with E-state index in [2.05, 4.69) is 70.1 Å². The molecular formula is C23H23N3. The van der Waals surface area contributed by atoms with Crippen LogP contribution in [0, 0.1) is 0 Å². The Labute approximate surface area is 153 Å². The van der Waals surface area contributed by atoms with Gasteiger partial charge in [0.15, 0.2) is 0 Å². The molecule has 0 bridgehead atoms. The highest BCUT2D eigenvalue weighted by Gasteiger charge is 2.20. The van der Waals surface area contributed by atoms with Gasteiger partial charge in [-0.1, -0.05) is 48.6 Å². The summed E-state index contributed by atoms with van der Waals surface area (Å²) in [6, 6.07) is 17.4. The second-order valence-corrected chi connectivity index (χ2v) is 7.32. The van der Waals surface area contributed by atoms with E-state index in [1.54, 1.807) is 0 Å². The van der Waals surface area contributed by atoms with Crippen LogP contribution in [0.15, 0.2) is 59.7 Å². The maximum absolute atomic E-state index is 4.61. The fraction of sp³-hybridized carbons (Fsp3) is 0.261. The van der Waals surface area contributed by atoms with Crippen LogP contribution in [0.2, 0.25) is 0 Å². The number of hydrogen-bond acceptors (Lipinski definition) is 2. The van der Waals surface area contributed by atoms with E-state index in [9.17, 15) is 0 Å². The maximum atomic E-state index is 4.61. The van der Waals surface area contributed by atoms with Gasteiger partial charge in [0.25, 0.3) is 0 Å². The van der Waals surface area contributed by atoms with Crippen molar-refractivity contribution in [1.29, 1.82) is 0 Å². The highest BCUT2D eigenvalue weighted by atomic mass is 15.3. The third-order valence-corrected chi connectivity index (χ3v) is 5.53. The van der Waals surface area contributed by atoms with E-state index in [4.69, 9.17) is 0 Å². The molecule has 0 saturated heterocycles. The number of hydrogen-bond donors (Lipinski definition) is 2. The number of aromatic nitrogens is 1. The molecule has 1 aliphatic carbocycles. The summed E-state index contributed by atoms with van der Waals surface area (Å²) in [5.41, 5.74) is 11.1. The molecule has 3 aromatic rings. The molecule has 1 aliphatic heterocycles. The molecule has 2 aromatic carbocycles. The summed E-state index contributed by atoms with van der Waals surface area (Å²) < 4.78 is 0. The van der Waals surface area contributed by atoms with E-state index in [-0.39, 0.29) is 6.04 Å². The van der Waals surface area contributed by atoms with Crippen molar-refractivity contribution in [3.05, 3.63) is 77.0 Å². The van der Waals surface area contributed by atoms with Crippen LogP contribution in [0.4, 0.5) is 0 Å². The van der Waals surface area contributed by atoms with Gasteiger partial charge in [-0.15, -0.1) is 0 Å². The zero-order valence-corrected chi connectivity index (χ0v) is 14.8. The first-order chi connectivity index (χ1) is 12.9. The van der Waals surface area contributed by atoms with Gasteiger partial charge in [0.2, 0.25) is 0 Å². The minimum absolute atomic E-state index is 0.265. The number of nitrogens with one attached hydrogen (secondary N) is 2. The molecule has 0 spiro atoms. The Hall–Kier alpha value is -2.81. The zero-order chi connectivity index (χ0) is 17.3. The van der Waals surface area contributed by atoms with Crippen LogP contribution in [0.1, 0.15) is 41.6 Å². The van der Waals surface area contributed by atoms with Crippen LogP contribution in [-0.2, 0) is 12.8 Å². The van der Waals surface area contributed by atoms with Crippen molar-refractivity contribution < 1.29 is 0 Å². The number of aryl methyl sites for hydroxylation is 2. The second-order valence-electron chi connectivity index (χ2n) is 7.32. The summed E-state index contributed by atoms with van der Waals surface area (Å²) in [4.78, 5) is 3.61. The lowest BCUT2D eigenvalue weighted by Crippen LogP contribution is -2.15. The van der Waals surface area contributed by atoms with Gasteiger partial charge in [-0.2, -0.15) is 5.10 Å². The third-order valence-electron chi connectivity index (χ3n) is 5.53. The van der Waals surface area contributed by atoms with Crippen molar-refractivity contribution in [3.63, 3.8) is 0 Å². The Kier molecular flexibility index (Phi) is 3.85. The van der Waals surface area contributed by atoms with Crippen LogP contribution in [-0.4, -0.2) is 16.7 Å². The zero-order valence-electron chi connectivity index (χ0n) is 14.8. The molecule has 5 rings (SSSR count). The molecule has 0 radical (unpaired) electrons. The monoisotopic (exact) mass is 341 g/mol. The SMILES string of the molecule is C(=C\C1CC(c2ccc3[nH]c4c(c3c2)CCCC4)=NN1)/c1ccccc1. The van der Waals surface area contributed by atoms with Crippen molar-refractivity contribution in [2.75, 3.05) is 0 Å². The molecule has 2 aliphatic rings. The number of nitrogens with zero attached hydrogens (tertiary/aromatic N) is 1. The maximum Gasteiger partial charge on any atom is 0.0699 e. The predicted octanol–water partition coefficient (Wildman–Crippen LogP) is 4.83. The number of hydrazone groups is 1. The average Bonchev–Trinajstić information content (AvgIpc) is 3.31. The van der Waals surface area contributed by atoms with E-state index in [1.165, 1.54) is 59.0 Å². The molecule has 1 atom stereocenters. The van der Waals surface area contributed by atoms with Gasteiger partial charge in [0, 0.05) is 23.0 Å². The number of fused-ring (bicyclic) bond motifs is 3. The fourth-order valence-corrected chi connectivity index (χ4v) is 4.13. The lowest BCUT2D eigenvalue weighted by Gasteiger charge is -2.10. The number of rotatable bonds is 3. The average molecular weight is 341 g/mol. The first-order valence-corrected chi connectivity index (χ1v) is 9.56. The summed E-state index contributed by atoms with van der Waals surface area (Å²) in [5.74, 6) is 0. The van der Waals surface area contributed by atoms with Crippen molar-refractivity contribution in [3.8, 4) is 0 Å².